The Morgan fingerprint density at radius 1 is 1.36 bits per heavy atom. The molecule has 22 heavy (non-hydrogen) atoms. The van der Waals surface area contributed by atoms with Crippen LogP contribution in [0.3, 0.4) is 0 Å². The molecule has 0 saturated carbocycles. The number of morpholine rings is 1. The van der Waals surface area contributed by atoms with Crippen molar-refractivity contribution in [3.05, 3.63) is 12.2 Å². The predicted molar refractivity (Wildman–Crippen MR) is 89.0 cm³/mol. The van der Waals surface area contributed by atoms with Gasteiger partial charge in [-0.1, -0.05) is 19.1 Å². The number of carbonyl (C=O) groups excluding carboxylic acids is 1. The summed E-state index contributed by atoms with van der Waals surface area (Å²) in [6, 6.07) is 0.102. The quantitative estimate of drug-likeness (QED) is 0.733. The highest BCUT2D eigenvalue weighted by Gasteiger charge is 2.20. The monoisotopic (exact) mass is 309 g/mol. The molecule has 0 aromatic rings. The van der Waals surface area contributed by atoms with Crippen molar-refractivity contribution in [3.63, 3.8) is 0 Å². The molecule has 2 aliphatic rings. The van der Waals surface area contributed by atoms with E-state index in [9.17, 15) is 4.79 Å². The van der Waals surface area contributed by atoms with Crippen LogP contribution in [0.2, 0.25) is 0 Å². The molecule has 5 heteroatoms. The van der Waals surface area contributed by atoms with Crippen LogP contribution < -0.4 is 5.32 Å². The number of allylic oxidation sites excluding steroid dienone is 2. The topological polar surface area (TPSA) is 44.8 Å². The summed E-state index contributed by atoms with van der Waals surface area (Å²) in [7, 11) is 0. The van der Waals surface area contributed by atoms with Gasteiger partial charge >= 0.3 is 6.03 Å². The molecule has 1 aliphatic heterocycles. The molecular weight excluding hydrogens is 278 g/mol. The number of nitrogens with zero attached hydrogens (tertiary/aromatic N) is 2. The minimum Gasteiger partial charge on any atom is -0.379 e. The number of nitrogens with one attached hydrogen (secondary N) is 1. The highest BCUT2D eigenvalue weighted by Crippen LogP contribution is 2.19. The molecule has 0 unspecified atom stereocenters. The first-order chi connectivity index (χ1) is 10.8. The van der Waals surface area contributed by atoms with Gasteiger partial charge < -0.3 is 15.0 Å². The molecule has 0 spiro atoms. The van der Waals surface area contributed by atoms with Crippen molar-refractivity contribution in [2.24, 2.45) is 5.92 Å². The number of ether oxygens (including phenoxy) is 1. The minimum atomic E-state index is 0.102. The molecule has 0 aromatic carbocycles. The van der Waals surface area contributed by atoms with Crippen LogP contribution in [0, 0.1) is 5.92 Å². The summed E-state index contributed by atoms with van der Waals surface area (Å²) in [5.41, 5.74) is 0. The third-order valence-corrected chi connectivity index (χ3v) is 4.46. The van der Waals surface area contributed by atoms with Gasteiger partial charge in [0.2, 0.25) is 0 Å². The average molecular weight is 309 g/mol. The standard InChI is InChI=1S/C17H31N3O2/c1-2-8-18-17(21)20(15-16-6-4-3-5-7-16)10-9-19-11-13-22-14-12-19/h3-4,16H,2,5-15H2,1H3,(H,18,21)/t16-/m0/s1. The van der Waals surface area contributed by atoms with Crippen molar-refractivity contribution >= 4 is 6.03 Å². The SMILES string of the molecule is CCCNC(=O)N(CCN1CCOCC1)C[C@H]1CC=CCC1. The van der Waals surface area contributed by atoms with Crippen molar-refractivity contribution in [2.45, 2.75) is 32.6 Å². The van der Waals surface area contributed by atoms with Gasteiger partial charge in [-0.05, 0) is 31.6 Å². The Kier molecular flexibility index (Phi) is 7.74. The summed E-state index contributed by atoms with van der Waals surface area (Å²) in [5.74, 6) is 0.613. The molecule has 0 aromatic heterocycles. The van der Waals surface area contributed by atoms with Gasteiger partial charge in [-0.25, -0.2) is 4.79 Å². The number of hydrogen-bond donors (Lipinski definition) is 1. The Balaban J connectivity index is 1.82. The van der Waals surface area contributed by atoms with Crippen molar-refractivity contribution in [3.8, 4) is 0 Å². The van der Waals surface area contributed by atoms with Gasteiger partial charge in [0.05, 0.1) is 13.2 Å². The van der Waals surface area contributed by atoms with E-state index in [1.54, 1.807) is 0 Å². The Morgan fingerprint density at radius 3 is 2.86 bits per heavy atom. The number of hydrogen-bond acceptors (Lipinski definition) is 3. The zero-order valence-corrected chi connectivity index (χ0v) is 13.9. The van der Waals surface area contributed by atoms with Crippen molar-refractivity contribution in [1.82, 2.24) is 15.1 Å². The Hall–Kier alpha value is -1.07. The maximum Gasteiger partial charge on any atom is 0.317 e. The number of rotatable bonds is 7. The summed E-state index contributed by atoms with van der Waals surface area (Å²) in [4.78, 5) is 16.8. The van der Waals surface area contributed by atoms with Crippen molar-refractivity contribution < 1.29 is 9.53 Å². The van der Waals surface area contributed by atoms with Gasteiger partial charge in [-0.2, -0.15) is 0 Å². The van der Waals surface area contributed by atoms with Crippen LogP contribution in [0.1, 0.15) is 32.6 Å². The van der Waals surface area contributed by atoms with Crippen LogP contribution in [0.25, 0.3) is 0 Å². The van der Waals surface area contributed by atoms with E-state index in [1.165, 1.54) is 6.42 Å². The van der Waals surface area contributed by atoms with Gasteiger partial charge in [-0.3, -0.25) is 4.90 Å². The molecule has 1 fully saturated rings. The minimum absolute atomic E-state index is 0.102. The van der Waals surface area contributed by atoms with Crippen molar-refractivity contribution in [2.75, 3.05) is 52.5 Å². The van der Waals surface area contributed by atoms with Crippen LogP contribution in [0.5, 0.6) is 0 Å². The van der Waals surface area contributed by atoms with Crippen LogP contribution in [-0.4, -0.2) is 68.3 Å². The molecule has 126 valence electrons. The van der Waals surface area contributed by atoms with E-state index in [-0.39, 0.29) is 6.03 Å². The van der Waals surface area contributed by atoms with E-state index < -0.39 is 0 Å². The van der Waals surface area contributed by atoms with Gasteiger partial charge in [0.1, 0.15) is 0 Å². The molecule has 1 atom stereocenters. The van der Waals surface area contributed by atoms with E-state index >= 15 is 0 Å². The second-order valence-corrected chi connectivity index (χ2v) is 6.28. The summed E-state index contributed by atoms with van der Waals surface area (Å²) >= 11 is 0. The molecule has 1 saturated heterocycles. The Bertz CT molecular complexity index is 354. The highest BCUT2D eigenvalue weighted by atomic mass is 16.5. The van der Waals surface area contributed by atoms with Crippen LogP contribution in [0.15, 0.2) is 12.2 Å². The summed E-state index contributed by atoms with van der Waals surface area (Å²) < 4.78 is 5.39. The fraction of sp³-hybridized carbons (Fsp3) is 0.824. The molecule has 2 amide bonds. The lowest BCUT2D eigenvalue weighted by Crippen LogP contribution is -2.47. The van der Waals surface area contributed by atoms with E-state index in [4.69, 9.17) is 4.74 Å². The third-order valence-electron chi connectivity index (χ3n) is 4.46. The smallest absolute Gasteiger partial charge is 0.317 e. The summed E-state index contributed by atoms with van der Waals surface area (Å²) in [6.45, 7) is 9.09. The maximum atomic E-state index is 12.4. The van der Waals surface area contributed by atoms with Crippen LogP contribution in [-0.2, 0) is 4.74 Å². The van der Waals surface area contributed by atoms with E-state index in [2.05, 4.69) is 29.3 Å². The van der Waals surface area contributed by atoms with E-state index in [0.717, 1.165) is 71.7 Å². The fourth-order valence-electron chi connectivity index (χ4n) is 3.04. The first kappa shape index (κ1) is 17.3. The second kappa shape index (κ2) is 9.85. The first-order valence-electron chi connectivity index (χ1n) is 8.77. The third kappa shape index (κ3) is 5.97. The largest absolute Gasteiger partial charge is 0.379 e. The zero-order valence-electron chi connectivity index (χ0n) is 13.9. The number of urea groups is 1. The van der Waals surface area contributed by atoms with E-state index in [1.807, 2.05) is 4.90 Å². The summed E-state index contributed by atoms with van der Waals surface area (Å²) in [5, 5.41) is 3.04. The number of carbonyl (C=O) groups is 1. The summed E-state index contributed by atoms with van der Waals surface area (Å²) in [6.07, 6.45) is 8.96. The molecule has 5 nitrogen and oxygen atoms in total. The van der Waals surface area contributed by atoms with E-state index in [0.29, 0.717) is 5.92 Å². The lowest BCUT2D eigenvalue weighted by atomic mass is 9.94. The molecule has 2 rings (SSSR count). The second-order valence-electron chi connectivity index (χ2n) is 6.28. The Labute approximate surface area is 134 Å². The lowest BCUT2D eigenvalue weighted by molar-refractivity contribution is 0.0343. The van der Waals surface area contributed by atoms with Gasteiger partial charge in [-0.15, -0.1) is 0 Å². The van der Waals surface area contributed by atoms with Gasteiger partial charge in [0.15, 0.2) is 0 Å². The number of amides is 2. The highest BCUT2D eigenvalue weighted by molar-refractivity contribution is 5.74. The molecule has 1 N–H and O–H groups in total. The molecular formula is C17H31N3O2. The predicted octanol–water partition coefficient (Wildman–Crippen LogP) is 2.10. The average Bonchev–Trinajstić information content (AvgIpc) is 2.58. The van der Waals surface area contributed by atoms with Crippen molar-refractivity contribution in [1.29, 1.82) is 0 Å². The van der Waals surface area contributed by atoms with Gasteiger partial charge in [0.25, 0.3) is 0 Å². The fourth-order valence-corrected chi connectivity index (χ4v) is 3.04. The van der Waals surface area contributed by atoms with Crippen LogP contribution >= 0.6 is 0 Å². The lowest BCUT2D eigenvalue weighted by Gasteiger charge is -2.32. The maximum absolute atomic E-state index is 12.4. The van der Waals surface area contributed by atoms with Gasteiger partial charge in [0, 0.05) is 39.3 Å². The Morgan fingerprint density at radius 2 is 2.18 bits per heavy atom. The molecule has 1 aliphatic carbocycles. The molecule has 0 radical (unpaired) electrons. The first-order valence-corrected chi connectivity index (χ1v) is 8.77. The molecule has 0 bridgehead atoms. The molecule has 1 heterocycles. The zero-order chi connectivity index (χ0) is 15.6. The van der Waals surface area contributed by atoms with Crippen LogP contribution in [0.4, 0.5) is 4.79 Å². The normalized spacial score (nSPS) is 22.5.